The normalized spacial score (nSPS) is 12.5. The van der Waals surface area contributed by atoms with Crippen LogP contribution in [0.2, 0.25) is 0 Å². The molecule has 24 heavy (non-hydrogen) atoms. The van der Waals surface area contributed by atoms with Gasteiger partial charge in [-0.15, -0.1) is 0 Å². The Balaban J connectivity index is 2.59. The lowest BCUT2D eigenvalue weighted by atomic mass is 10.0. The molecule has 0 radical (unpaired) electrons. The zero-order valence-electron chi connectivity index (χ0n) is 12.6. The Bertz CT molecular complexity index is 701. The van der Waals surface area contributed by atoms with Crippen molar-refractivity contribution in [3.63, 3.8) is 0 Å². The number of halogens is 3. The Labute approximate surface area is 135 Å². The molecule has 1 atom stereocenters. The number of benzene rings is 1. The number of ketones is 1. The minimum absolute atomic E-state index is 0.154. The average molecular weight is 338 g/mol. The van der Waals surface area contributed by atoms with Crippen molar-refractivity contribution in [2.45, 2.75) is 13.1 Å². The number of nitriles is 1. The molecular weight excluding hydrogens is 325 g/mol. The van der Waals surface area contributed by atoms with Crippen molar-refractivity contribution in [3.05, 3.63) is 41.5 Å². The van der Waals surface area contributed by atoms with E-state index in [1.165, 1.54) is 25.1 Å². The molecule has 126 valence electrons. The van der Waals surface area contributed by atoms with Gasteiger partial charge in [0, 0.05) is 11.8 Å². The quantitative estimate of drug-likeness (QED) is 0.490. The summed E-state index contributed by atoms with van der Waals surface area (Å²) < 4.78 is 41.8. The van der Waals surface area contributed by atoms with Gasteiger partial charge in [-0.2, -0.15) is 18.4 Å². The SMILES string of the molecule is CC(=N)C(C#N)C(=O)COC(=O)/C=C/c1ccc(C(F)(F)F)cc1. The number of esters is 1. The van der Waals surface area contributed by atoms with Crippen molar-refractivity contribution in [1.82, 2.24) is 0 Å². The van der Waals surface area contributed by atoms with Crippen LogP contribution in [0.25, 0.3) is 6.08 Å². The summed E-state index contributed by atoms with van der Waals surface area (Å²) in [5.41, 5.74) is -0.618. The molecule has 0 heterocycles. The van der Waals surface area contributed by atoms with Gasteiger partial charge in [0.1, 0.15) is 5.92 Å². The van der Waals surface area contributed by atoms with Gasteiger partial charge >= 0.3 is 12.1 Å². The summed E-state index contributed by atoms with van der Waals surface area (Å²) in [6, 6.07) is 5.74. The van der Waals surface area contributed by atoms with Crippen LogP contribution < -0.4 is 0 Å². The number of nitrogens with zero attached hydrogens (tertiary/aromatic N) is 1. The van der Waals surface area contributed by atoms with Crippen molar-refractivity contribution >= 4 is 23.5 Å². The van der Waals surface area contributed by atoms with Gasteiger partial charge in [-0.25, -0.2) is 4.79 Å². The number of ether oxygens (including phenoxy) is 1. The molecule has 0 aliphatic heterocycles. The fourth-order valence-electron chi connectivity index (χ4n) is 1.63. The molecule has 0 fully saturated rings. The van der Waals surface area contributed by atoms with Gasteiger partial charge in [-0.1, -0.05) is 12.1 Å². The van der Waals surface area contributed by atoms with Gasteiger partial charge < -0.3 is 10.1 Å². The third kappa shape index (κ3) is 5.68. The maximum Gasteiger partial charge on any atom is 0.416 e. The summed E-state index contributed by atoms with van der Waals surface area (Å²) in [6.45, 7) is 0.628. The Morgan fingerprint density at radius 3 is 2.38 bits per heavy atom. The molecule has 0 saturated heterocycles. The molecule has 0 aromatic heterocycles. The highest BCUT2D eigenvalue weighted by Crippen LogP contribution is 2.29. The second-order valence-electron chi connectivity index (χ2n) is 4.77. The average Bonchev–Trinajstić information content (AvgIpc) is 2.50. The fraction of sp³-hybridized carbons (Fsp3) is 0.250. The molecule has 1 aromatic carbocycles. The van der Waals surface area contributed by atoms with E-state index in [4.69, 9.17) is 10.7 Å². The largest absolute Gasteiger partial charge is 0.454 e. The van der Waals surface area contributed by atoms with Crippen LogP contribution in [0.3, 0.4) is 0 Å². The summed E-state index contributed by atoms with van der Waals surface area (Å²) in [5.74, 6) is -2.87. The summed E-state index contributed by atoms with van der Waals surface area (Å²) in [7, 11) is 0. The number of hydrogen-bond donors (Lipinski definition) is 1. The van der Waals surface area contributed by atoms with Crippen molar-refractivity contribution < 1.29 is 27.5 Å². The number of Topliss-reactive ketones (excluding diaryl/α,β-unsaturated/α-hetero) is 1. The van der Waals surface area contributed by atoms with Gasteiger partial charge in [0.15, 0.2) is 12.4 Å². The third-order valence-electron chi connectivity index (χ3n) is 2.89. The van der Waals surface area contributed by atoms with Crippen LogP contribution in [0.4, 0.5) is 13.2 Å². The van der Waals surface area contributed by atoms with E-state index in [1.54, 1.807) is 6.07 Å². The molecule has 0 spiro atoms. The Hall–Kier alpha value is -2.95. The fourth-order valence-corrected chi connectivity index (χ4v) is 1.63. The molecule has 1 aromatic rings. The first-order valence-electron chi connectivity index (χ1n) is 6.64. The maximum atomic E-state index is 12.4. The van der Waals surface area contributed by atoms with Crippen molar-refractivity contribution in [2.24, 2.45) is 5.92 Å². The number of nitrogens with one attached hydrogen (secondary N) is 1. The highest BCUT2D eigenvalue weighted by atomic mass is 19.4. The van der Waals surface area contributed by atoms with Crippen molar-refractivity contribution in [1.29, 1.82) is 10.7 Å². The highest BCUT2D eigenvalue weighted by molar-refractivity contribution is 6.06. The topological polar surface area (TPSA) is 91.0 Å². The van der Waals surface area contributed by atoms with Crippen LogP contribution in [-0.2, 0) is 20.5 Å². The predicted molar refractivity (Wildman–Crippen MR) is 78.9 cm³/mol. The number of carbonyl (C=O) groups is 2. The lowest BCUT2D eigenvalue weighted by Crippen LogP contribution is -2.25. The maximum absolute atomic E-state index is 12.4. The zero-order chi connectivity index (χ0) is 18.3. The molecular formula is C16H13F3N2O3. The first-order chi connectivity index (χ1) is 11.1. The first-order valence-corrected chi connectivity index (χ1v) is 6.64. The van der Waals surface area contributed by atoms with Gasteiger partial charge in [-0.3, -0.25) is 4.79 Å². The number of alkyl halides is 3. The van der Waals surface area contributed by atoms with Crippen LogP contribution in [0, 0.1) is 22.7 Å². The lowest BCUT2D eigenvalue weighted by Gasteiger charge is -2.06. The van der Waals surface area contributed by atoms with Crippen LogP contribution >= 0.6 is 0 Å². The van der Waals surface area contributed by atoms with E-state index in [-0.39, 0.29) is 5.71 Å². The Morgan fingerprint density at radius 1 is 1.33 bits per heavy atom. The van der Waals surface area contributed by atoms with Crippen LogP contribution in [-0.4, -0.2) is 24.1 Å². The van der Waals surface area contributed by atoms with E-state index in [1.807, 2.05) is 0 Å². The molecule has 0 saturated carbocycles. The van der Waals surface area contributed by atoms with Crippen LogP contribution in [0.15, 0.2) is 30.3 Å². The number of hydrogen-bond acceptors (Lipinski definition) is 5. The molecule has 1 unspecified atom stereocenters. The van der Waals surface area contributed by atoms with Gasteiger partial charge in [0.2, 0.25) is 0 Å². The van der Waals surface area contributed by atoms with Gasteiger partial charge in [0.05, 0.1) is 11.6 Å². The zero-order valence-corrected chi connectivity index (χ0v) is 12.6. The van der Waals surface area contributed by atoms with Crippen molar-refractivity contribution in [2.75, 3.05) is 6.61 Å². The van der Waals surface area contributed by atoms with Gasteiger partial charge in [0.25, 0.3) is 0 Å². The molecule has 1 N–H and O–H groups in total. The first kappa shape index (κ1) is 19.1. The minimum atomic E-state index is -4.44. The molecule has 8 heteroatoms. The summed E-state index contributed by atoms with van der Waals surface area (Å²) in [5, 5.41) is 16.0. The van der Waals surface area contributed by atoms with Crippen molar-refractivity contribution in [3.8, 4) is 6.07 Å². The highest BCUT2D eigenvalue weighted by Gasteiger charge is 2.29. The van der Waals surface area contributed by atoms with E-state index in [2.05, 4.69) is 4.74 Å². The monoisotopic (exact) mass is 338 g/mol. The molecule has 0 aliphatic rings. The number of carbonyl (C=O) groups excluding carboxylic acids is 2. The molecule has 1 rings (SSSR count). The van der Waals surface area contributed by atoms with Gasteiger partial charge in [-0.05, 0) is 30.7 Å². The van der Waals surface area contributed by atoms with E-state index in [0.717, 1.165) is 18.2 Å². The minimum Gasteiger partial charge on any atom is -0.454 e. The second-order valence-corrected chi connectivity index (χ2v) is 4.77. The molecule has 0 aliphatic carbocycles. The molecule has 0 amide bonds. The number of rotatable bonds is 6. The third-order valence-corrected chi connectivity index (χ3v) is 2.89. The predicted octanol–water partition coefficient (Wildman–Crippen LogP) is 3.01. The summed E-state index contributed by atoms with van der Waals surface area (Å²) in [4.78, 5) is 23.0. The summed E-state index contributed by atoms with van der Waals surface area (Å²) >= 11 is 0. The van der Waals surface area contributed by atoms with E-state index in [0.29, 0.717) is 5.56 Å². The van der Waals surface area contributed by atoms with E-state index in [9.17, 15) is 22.8 Å². The molecule has 5 nitrogen and oxygen atoms in total. The van der Waals surface area contributed by atoms with E-state index >= 15 is 0 Å². The Morgan fingerprint density at radius 2 is 1.92 bits per heavy atom. The van der Waals surface area contributed by atoms with E-state index < -0.39 is 36.0 Å². The molecule has 0 bridgehead atoms. The Kier molecular flexibility index (Phi) is 6.41. The van der Waals surface area contributed by atoms with Crippen LogP contribution in [0.5, 0.6) is 0 Å². The second kappa shape index (κ2) is 8.06. The van der Waals surface area contributed by atoms with Crippen LogP contribution in [0.1, 0.15) is 18.1 Å². The summed E-state index contributed by atoms with van der Waals surface area (Å²) in [6.07, 6.45) is -2.25. The lowest BCUT2D eigenvalue weighted by molar-refractivity contribution is -0.143. The smallest absolute Gasteiger partial charge is 0.416 e. The standard InChI is InChI=1S/C16H13F3N2O3/c1-10(21)13(8-20)14(22)9-24-15(23)7-4-11-2-5-12(6-3-11)16(17,18)19/h2-7,13,21H,9H2,1H3/b7-4+,21-10?.